The van der Waals surface area contributed by atoms with Gasteiger partial charge in [0.25, 0.3) is 0 Å². The number of nitrogens with one attached hydrogen (secondary N) is 1. The van der Waals surface area contributed by atoms with Gasteiger partial charge >= 0.3 is 0 Å². The fraction of sp³-hybridized carbons (Fsp3) is 0.696. The number of rotatable bonds is 6. The molecule has 2 bridgehead atoms. The lowest BCUT2D eigenvalue weighted by Gasteiger charge is -2.59. The summed E-state index contributed by atoms with van der Waals surface area (Å²) in [6.07, 6.45) is 5.57. The fourth-order valence-corrected chi connectivity index (χ4v) is 7.17. The van der Waals surface area contributed by atoms with Crippen LogP contribution >= 0.6 is 12.6 Å². The molecule has 1 aromatic rings. The second kappa shape index (κ2) is 7.31. The molecule has 1 spiro atoms. The van der Waals surface area contributed by atoms with Crippen molar-refractivity contribution in [3.63, 3.8) is 0 Å². The third-order valence-corrected chi connectivity index (χ3v) is 8.50. The zero-order valence-corrected chi connectivity index (χ0v) is 18.9. The van der Waals surface area contributed by atoms with Gasteiger partial charge in [-0.05, 0) is 51.6 Å². The standard InChI is InChI=1S/C23H32N2O4S/c1-4-5-15(22(27)30)24-14-7-6-13-16-10-12-18(28-3)11-17(26)20-19(12)23(13,21(14)29-20)8-9-25(16)2/h11,13-16,21,24,26H,4-10H2,1-3H3,(H,27,30)/t13-,14+,15-,16+,21-,23-/m0/s1. The first-order valence-corrected chi connectivity index (χ1v) is 11.7. The van der Waals surface area contributed by atoms with Crippen molar-refractivity contribution in [2.24, 2.45) is 5.92 Å². The van der Waals surface area contributed by atoms with Crippen LogP contribution in [0.1, 0.15) is 50.2 Å². The fourth-order valence-electron chi connectivity index (χ4n) is 6.97. The van der Waals surface area contributed by atoms with Gasteiger partial charge in [0.2, 0.25) is 5.12 Å². The molecule has 1 aromatic carbocycles. The van der Waals surface area contributed by atoms with Crippen molar-refractivity contribution in [3.8, 4) is 17.2 Å². The number of thiol groups is 1. The van der Waals surface area contributed by atoms with Gasteiger partial charge in [0.15, 0.2) is 11.5 Å². The second-order valence-electron chi connectivity index (χ2n) is 9.50. The molecule has 0 radical (unpaired) electrons. The molecule has 2 fully saturated rings. The molecule has 30 heavy (non-hydrogen) atoms. The van der Waals surface area contributed by atoms with E-state index in [2.05, 4.69) is 36.8 Å². The van der Waals surface area contributed by atoms with Crippen molar-refractivity contribution >= 4 is 17.7 Å². The molecule has 0 amide bonds. The Hall–Kier alpha value is -1.44. The summed E-state index contributed by atoms with van der Waals surface area (Å²) < 4.78 is 12.3. The number of aromatic hydroxyl groups is 1. The van der Waals surface area contributed by atoms with Crippen molar-refractivity contribution in [3.05, 3.63) is 17.2 Å². The van der Waals surface area contributed by atoms with Gasteiger partial charge in [-0.1, -0.05) is 13.3 Å². The topological polar surface area (TPSA) is 71.0 Å². The van der Waals surface area contributed by atoms with Crippen LogP contribution in [0, 0.1) is 5.92 Å². The summed E-state index contributed by atoms with van der Waals surface area (Å²) in [5, 5.41) is 14.3. The number of nitrogens with zero attached hydrogens (tertiary/aromatic N) is 1. The van der Waals surface area contributed by atoms with Gasteiger partial charge in [-0.25, -0.2) is 0 Å². The molecular weight excluding hydrogens is 400 g/mol. The average molecular weight is 433 g/mol. The molecule has 6 nitrogen and oxygen atoms in total. The van der Waals surface area contributed by atoms with E-state index >= 15 is 0 Å². The third-order valence-electron chi connectivity index (χ3n) is 8.19. The Morgan fingerprint density at radius 2 is 2.30 bits per heavy atom. The number of phenolic OH excluding ortho intramolecular Hbond substituents is 1. The molecule has 2 heterocycles. The van der Waals surface area contributed by atoms with Gasteiger partial charge in [-0.15, -0.1) is 12.6 Å². The number of phenols is 1. The van der Waals surface area contributed by atoms with Crippen LogP contribution in [0.25, 0.3) is 0 Å². The van der Waals surface area contributed by atoms with Crippen LogP contribution < -0.4 is 14.8 Å². The highest BCUT2D eigenvalue weighted by atomic mass is 32.1. The van der Waals surface area contributed by atoms with Crippen molar-refractivity contribution < 1.29 is 19.4 Å². The van der Waals surface area contributed by atoms with E-state index in [0.717, 1.165) is 50.8 Å². The van der Waals surface area contributed by atoms with Gasteiger partial charge in [0.05, 0.1) is 13.2 Å². The average Bonchev–Trinajstić information content (AvgIpc) is 3.07. The zero-order chi connectivity index (χ0) is 21.2. The van der Waals surface area contributed by atoms with Crippen molar-refractivity contribution in [1.29, 1.82) is 0 Å². The summed E-state index contributed by atoms with van der Waals surface area (Å²) in [7, 11) is 3.90. The summed E-state index contributed by atoms with van der Waals surface area (Å²) in [6, 6.07) is 1.94. The number of likely N-dealkylation sites (tertiary alicyclic amines) is 1. The van der Waals surface area contributed by atoms with Crippen molar-refractivity contribution in [2.45, 2.75) is 75.1 Å². The Labute approximate surface area is 183 Å². The molecule has 2 aliphatic carbocycles. The Bertz CT molecular complexity index is 877. The van der Waals surface area contributed by atoms with Crippen LogP contribution in [0.3, 0.4) is 0 Å². The van der Waals surface area contributed by atoms with E-state index in [4.69, 9.17) is 9.47 Å². The number of piperidine rings is 1. The number of carbonyl (C=O) groups excluding carboxylic acids is 1. The smallest absolute Gasteiger partial charge is 0.202 e. The number of likely N-dealkylation sites (N-methyl/N-ethyl adjacent to an activating group) is 1. The van der Waals surface area contributed by atoms with Crippen LogP contribution in [0.4, 0.5) is 0 Å². The monoisotopic (exact) mass is 432 g/mol. The highest BCUT2D eigenvalue weighted by Gasteiger charge is 2.66. The summed E-state index contributed by atoms with van der Waals surface area (Å²) in [6.45, 7) is 3.09. The zero-order valence-electron chi connectivity index (χ0n) is 18.0. The third kappa shape index (κ3) is 2.67. The maximum Gasteiger partial charge on any atom is 0.202 e. The summed E-state index contributed by atoms with van der Waals surface area (Å²) >= 11 is 4.14. The molecule has 1 saturated heterocycles. The van der Waals surface area contributed by atoms with Crippen LogP contribution in [0.2, 0.25) is 0 Å². The molecule has 1 saturated carbocycles. The summed E-state index contributed by atoms with van der Waals surface area (Å²) in [4.78, 5) is 14.6. The molecule has 6 atom stereocenters. The number of hydrogen-bond acceptors (Lipinski definition) is 6. The molecule has 164 valence electrons. The van der Waals surface area contributed by atoms with E-state index in [9.17, 15) is 9.90 Å². The molecule has 0 unspecified atom stereocenters. The minimum Gasteiger partial charge on any atom is -0.504 e. The van der Waals surface area contributed by atoms with Crippen LogP contribution in [0.15, 0.2) is 6.07 Å². The van der Waals surface area contributed by atoms with Gasteiger partial charge < -0.3 is 24.8 Å². The van der Waals surface area contributed by atoms with Crippen molar-refractivity contribution in [2.75, 3.05) is 20.7 Å². The first-order valence-electron chi connectivity index (χ1n) is 11.2. The number of carbonyl (C=O) groups is 1. The first-order chi connectivity index (χ1) is 14.4. The Morgan fingerprint density at radius 1 is 1.50 bits per heavy atom. The maximum atomic E-state index is 12.1. The quantitative estimate of drug-likeness (QED) is 0.601. The van der Waals surface area contributed by atoms with E-state index < -0.39 is 0 Å². The van der Waals surface area contributed by atoms with Gasteiger partial charge in [-0.2, -0.15) is 0 Å². The highest BCUT2D eigenvalue weighted by Crippen LogP contribution is 2.65. The molecule has 0 aromatic heterocycles. The normalized spacial score (nSPS) is 34.8. The molecule has 2 N–H and O–H groups in total. The molecular formula is C23H32N2O4S. The Morgan fingerprint density at radius 3 is 3.00 bits per heavy atom. The minimum atomic E-state index is -0.267. The predicted octanol–water partition coefficient (Wildman–Crippen LogP) is 2.65. The first kappa shape index (κ1) is 20.5. The van der Waals surface area contributed by atoms with Crippen molar-refractivity contribution in [1.82, 2.24) is 10.2 Å². The second-order valence-corrected chi connectivity index (χ2v) is 9.94. The Balaban J connectivity index is 1.62. The van der Waals surface area contributed by atoms with Gasteiger partial charge in [0.1, 0.15) is 11.9 Å². The van der Waals surface area contributed by atoms with E-state index in [1.807, 2.05) is 0 Å². The molecule has 4 aliphatic rings. The molecule has 2 aliphatic heterocycles. The summed E-state index contributed by atoms with van der Waals surface area (Å²) in [5.74, 6) is 2.05. The lowest BCUT2D eigenvalue weighted by atomic mass is 9.51. The van der Waals surface area contributed by atoms with E-state index in [1.54, 1.807) is 13.2 Å². The van der Waals surface area contributed by atoms with Crippen LogP contribution in [0.5, 0.6) is 17.2 Å². The number of hydrogen-bond donors (Lipinski definition) is 3. The lowest BCUT2D eigenvalue weighted by molar-refractivity contribution is -0.114. The van der Waals surface area contributed by atoms with E-state index in [1.165, 1.54) is 11.1 Å². The molecule has 7 heteroatoms. The highest BCUT2D eigenvalue weighted by molar-refractivity contribution is 7.96. The minimum absolute atomic E-state index is 0.0571. The lowest BCUT2D eigenvalue weighted by Crippen LogP contribution is -2.68. The predicted molar refractivity (Wildman–Crippen MR) is 118 cm³/mol. The number of benzene rings is 1. The molecule has 5 rings (SSSR count). The van der Waals surface area contributed by atoms with Crippen LogP contribution in [-0.4, -0.2) is 60.1 Å². The Kier molecular flexibility index (Phi) is 4.99. The van der Waals surface area contributed by atoms with Crippen LogP contribution in [-0.2, 0) is 16.6 Å². The van der Waals surface area contributed by atoms with E-state index in [-0.39, 0.29) is 34.5 Å². The summed E-state index contributed by atoms with van der Waals surface area (Å²) in [5.41, 5.74) is 2.23. The number of methoxy groups -OCH3 is 1. The van der Waals surface area contributed by atoms with Gasteiger partial charge in [0, 0.05) is 34.7 Å². The number of ether oxygens (including phenoxy) is 2. The van der Waals surface area contributed by atoms with E-state index in [0.29, 0.717) is 17.7 Å². The SMILES string of the molecule is CCC[C@H](N[C@@H]1CC[C@H]2[C@H]3Cc4c(OC)cc(O)c5c4[C@@]2(CCN3C)[C@H]1O5)C(=O)S. The van der Waals surface area contributed by atoms with Gasteiger partial charge in [-0.3, -0.25) is 4.79 Å². The largest absolute Gasteiger partial charge is 0.504 e. The maximum absolute atomic E-state index is 12.1.